The quantitative estimate of drug-likeness (QED) is 0.924. The van der Waals surface area contributed by atoms with Crippen molar-refractivity contribution in [1.82, 2.24) is 5.32 Å². The van der Waals surface area contributed by atoms with Gasteiger partial charge < -0.3 is 10.1 Å². The average molecular weight is 280 g/mol. The maximum Gasteiger partial charge on any atom is 0.223 e. The second kappa shape index (κ2) is 5.14. The van der Waals surface area contributed by atoms with Crippen LogP contribution in [0.3, 0.4) is 0 Å². The summed E-state index contributed by atoms with van der Waals surface area (Å²) in [5, 5.41) is 3.97. The number of halogens is 1. The van der Waals surface area contributed by atoms with E-state index in [-0.39, 0.29) is 17.4 Å². The van der Waals surface area contributed by atoms with E-state index in [0.717, 1.165) is 36.3 Å². The lowest BCUT2D eigenvalue weighted by Crippen LogP contribution is -2.40. The van der Waals surface area contributed by atoms with Crippen LogP contribution in [0, 0.1) is 5.92 Å². The molecular formula is C15H18ClNO2. The van der Waals surface area contributed by atoms with Gasteiger partial charge in [0.15, 0.2) is 0 Å². The largest absolute Gasteiger partial charge is 0.381 e. The summed E-state index contributed by atoms with van der Waals surface area (Å²) in [7, 11) is 0. The number of carbonyl (C=O) groups excluding carboxylic acids is 1. The third-order valence-corrected chi connectivity index (χ3v) is 4.35. The molecule has 1 saturated carbocycles. The molecule has 102 valence electrons. The average Bonchev–Trinajstić information content (AvgIpc) is 3.21. The van der Waals surface area contributed by atoms with Crippen LogP contribution in [0.2, 0.25) is 5.02 Å². The number of hydrogen-bond acceptors (Lipinski definition) is 2. The number of nitrogens with one attached hydrogen (secondary N) is 1. The molecule has 2 fully saturated rings. The van der Waals surface area contributed by atoms with Gasteiger partial charge in [0.25, 0.3) is 0 Å². The molecule has 19 heavy (non-hydrogen) atoms. The van der Waals surface area contributed by atoms with Gasteiger partial charge in [-0.1, -0.05) is 23.7 Å². The molecule has 4 heteroatoms. The third kappa shape index (κ3) is 2.77. The highest BCUT2D eigenvalue weighted by Crippen LogP contribution is 2.46. The van der Waals surface area contributed by atoms with E-state index in [9.17, 15) is 4.79 Å². The van der Waals surface area contributed by atoms with Crippen molar-refractivity contribution in [3.8, 4) is 0 Å². The molecule has 0 bridgehead atoms. The molecule has 1 amide bonds. The monoisotopic (exact) mass is 279 g/mol. The van der Waals surface area contributed by atoms with Crippen molar-refractivity contribution < 1.29 is 9.53 Å². The molecule has 1 N–H and O–H groups in total. The molecule has 0 aromatic heterocycles. The van der Waals surface area contributed by atoms with Crippen molar-refractivity contribution in [3.05, 3.63) is 34.9 Å². The molecule has 0 radical (unpaired) electrons. The maximum atomic E-state index is 12.3. The van der Waals surface area contributed by atoms with Crippen molar-refractivity contribution in [2.24, 2.45) is 5.92 Å². The molecule has 3 rings (SSSR count). The molecule has 0 atom stereocenters. The minimum atomic E-state index is -0.139. The number of ether oxygens (including phenoxy) is 1. The van der Waals surface area contributed by atoms with Gasteiger partial charge in [-0.15, -0.1) is 0 Å². The highest BCUT2D eigenvalue weighted by atomic mass is 35.5. The van der Waals surface area contributed by atoms with E-state index in [2.05, 4.69) is 5.32 Å². The Bertz CT molecular complexity index is 462. The molecule has 1 heterocycles. The summed E-state index contributed by atoms with van der Waals surface area (Å²) in [6.45, 7) is 1.40. The molecule has 1 aromatic carbocycles. The summed E-state index contributed by atoms with van der Waals surface area (Å²) in [6, 6.07) is 7.80. The van der Waals surface area contributed by atoms with Crippen molar-refractivity contribution in [3.63, 3.8) is 0 Å². The zero-order valence-corrected chi connectivity index (χ0v) is 11.6. The van der Waals surface area contributed by atoms with E-state index in [0.29, 0.717) is 13.2 Å². The summed E-state index contributed by atoms with van der Waals surface area (Å²) >= 11 is 5.91. The highest BCUT2D eigenvalue weighted by molar-refractivity contribution is 6.30. The zero-order valence-electron chi connectivity index (χ0n) is 10.8. The summed E-state index contributed by atoms with van der Waals surface area (Å²) in [5.41, 5.74) is 1.03. The summed E-state index contributed by atoms with van der Waals surface area (Å²) < 4.78 is 5.30. The van der Waals surface area contributed by atoms with Crippen molar-refractivity contribution in [2.45, 2.75) is 31.2 Å². The van der Waals surface area contributed by atoms with Gasteiger partial charge in [-0.05, 0) is 43.4 Å². The molecule has 1 aliphatic heterocycles. The fourth-order valence-electron chi connectivity index (χ4n) is 2.68. The second-order valence-corrected chi connectivity index (χ2v) is 5.90. The molecule has 0 spiro atoms. The van der Waals surface area contributed by atoms with E-state index >= 15 is 0 Å². The van der Waals surface area contributed by atoms with Gasteiger partial charge in [0, 0.05) is 24.2 Å². The lowest BCUT2D eigenvalue weighted by Gasteiger charge is -2.25. The fourth-order valence-corrected chi connectivity index (χ4v) is 2.80. The number of carbonyl (C=O) groups is 1. The maximum absolute atomic E-state index is 12.3. The Labute approximate surface area is 118 Å². The number of rotatable bonds is 3. The summed E-state index contributed by atoms with van der Waals surface area (Å²) in [4.78, 5) is 12.3. The highest BCUT2D eigenvalue weighted by Gasteiger charge is 2.46. The van der Waals surface area contributed by atoms with E-state index in [4.69, 9.17) is 16.3 Å². The van der Waals surface area contributed by atoms with Crippen molar-refractivity contribution in [1.29, 1.82) is 0 Å². The molecular weight excluding hydrogens is 262 g/mol. The van der Waals surface area contributed by atoms with Crippen LogP contribution >= 0.6 is 11.6 Å². The van der Waals surface area contributed by atoms with E-state index in [1.165, 1.54) is 0 Å². The number of benzene rings is 1. The van der Waals surface area contributed by atoms with Crippen LogP contribution in [0.1, 0.15) is 31.2 Å². The van der Waals surface area contributed by atoms with Crippen molar-refractivity contribution >= 4 is 17.5 Å². The summed E-state index contributed by atoms with van der Waals surface area (Å²) in [5.74, 6) is 0.286. The van der Waals surface area contributed by atoms with Gasteiger partial charge in [-0.3, -0.25) is 4.79 Å². The van der Waals surface area contributed by atoms with Crippen LogP contribution in [-0.2, 0) is 15.1 Å². The van der Waals surface area contributed by atoms with Gasteiger partial charge in [-0.25, -0.2) is 0 Å². The van der Waals surface area contributed by atoms with Crippen LogP contribution in [0.25, 0.3) is 0 Å². The first-order chi connectivity index (χ1) is 9.20. The van der Waals surface area contributed by atoms with E-state index in [1.54, 1.807) is 0 Å². The second-order valence-electron chi connectivity index (χ2n) is 5.46. The standard InChI is InChI=1S/C15H18ClNO2/c16-13-3-1-12(2-4-13)15(7-8-15)17-14(18)11-5-9-19-10-6-11/h1-4,11H,5-10H2,(H,17,18). The minimum absolute atomic E-state index is 0.110. The first-order valence-corrected chi connectivity index (χ1v) is 7.23. The van der Waals surface area contributed by atoms with E-state index in [1.807, 2.05) is 24.3 Å². The lowest BCUT2D eigenvalue weighted by atomic mass is 9.97. The van der Waals surface area contributed by atoms with Gasteiger partial charge in [-0.2, -0.15) is 0 Å². The predicted molar refractivity (Wildman–Crippen MR) is 74.0 cm³/mol. The first-order valence-electron chi connectivity index (χ1n) is 6.85. The Morgan fingerprint density at radius 2 is 1.84 bits per heavy atom. The SMILES string of the molecule is O=C(NC1(c2ccc(Cl)cc2)CC1)C1CCOCC1. The minimum Gasteiger partial charge on any atom is -0.381 e. The Hall–Kier alpha value is -1.06. The molecule has 2 aliphatic rings. The Kier molecular flexibility index (Phi) is 3.50. The molecule has 1 aliphatic carbocycles. The van der Waals surface area contributed by atoms with Gasteiger partial charge >= 0.3 is 0 Å². The van der Waals surface area contributed by atoms with Crippen LogP contribution in [-0.4, -0.2) is 19.1 Å². The topological polar surface area (TPSA) is 38.3 Å². The summed E-state index contributed by atoms with van der Waals surface area (Å²) in [6.07, 6.45) is 3.71. The molecule has 1 saturated heterocycles. The van der Waals surface area contributed by atoms with Gasteiger partial charge in [0.2, 0.25) is 5.91 Å². The number of amides is 1. The smallest absolute Gasteiger partial charge is 0.223 e. The molecule has 3 nitrogen and oxygen atoms in total. The Morgan fingerprint density at radius 1 is 1.21 bits per heavy atom. The zero-order chi connectivity index (χ0) is 13.3. The Morgan fingerprint density at radius 3 is 2.42 bits per heavy atom. The van der Waals surface area contributed by atoms with Crippen molar-refractivity contribution in [2.75, 3.05) is 13.2 Å². The number of hydrogen-bond donors (Lipinski definition) is 1. The van der Waals surface area contributed by atoms with Crippen LogP contribution < -0.4 is 5.32 Å². The first kappa shape index (κ1) is 12.9. The van der Waals surface area contributed by atoms with Gasteiger partial charge in [0.1, 0.15) is 0 Å². The van der Waals surface area contributed by atoms with Crippen LogP contribution in [0.5, 0.6) is 0 Å². The van der Waals surface area contributed by atoms with Crippen LogP contribution in [0.15, 0.2) is 24.3 Å². The predicted octanol–water partition coefficient (Wildman–Crippen LogP) is 2.87. The van der Waals surface area contributed by atoms with Crippen LogP contribution in [0.4, 0.5) is 0 Å². The van der Waals surface area contributed by atoms with Gasteiger partial charge in [0.05, 0.1) is 5.54 Å². The fraction of sp³-hybridized carbons (Fsp3) is 0.533. The molecule has 0 unspecified atom stereocenters. The third-order valence-electron chi connectivity index (χ3n) is 4.10. The van der Waals surface area contributed by atoms with E-state index < -0.39 is 0 Å². The lowest BCUT2D eigenvalue weighted by molar-refractivity contribution is -0.128. The Balaban J connectivity index is 1.68. The normalized spacial score (nSPS) is 21.9. The molecule has 1 aromatic rings.